The number of aryl methyl sites for hydroxylation is 1. The molecule has 2 N–H and O–H groups in total. The van der Waals surface area contributed by atoms with E-state index in [4.69, 9.17) is 16.3 Å². The van der Waals surface area contributed by atoms with E-state index in [2.05, 4.69) is 17.6 Å². The Labute approximate surface area is 109 Å². The normalized spacial score (nSPS) is 10.6. The summed E-state index contributed by atoms with van der Waals surface area (Å²) in [6, 6.07) is 3.95. The van der Waals surface area contributed by atoms with E-state index in [0.29, 0.717) is 5.02 Å². The third-order valence-corrected chi connectivity index (χ3v) is 3.00. The number of methoxy groups -OCH3 is 1. The van der Waals surface area contributed by atoms with Crippen LogP contribution in [0, 0.1) is 6.92 Å². The molecule has 96 valence electrons. The molecule has 0 aliphatic heterocycles. The summed E-state index contributed by atoms with van der Waals surface area (Å²) in [5, 5.41) is 7.20. The van der Waals surface area contributed by atoms with E-state index in [0.717, 1.165) is 31.8 Å². The Morgan fingerprint density at radius 3 is 2.71 bits per heavy atom. The summed E-state index contributed by atoms with van der Waals surface area (Å²) < 4.78 is 5.18. The molecule has 0 aliphatic carbocycles. The molecule has 0 radical (unpaired) electrons. The van der Waals surface area contributed by atoms with Gasteiger partial charge in [-0.25, -0.2) is 0 Å². The van der Waals surface area contributed by atoms with Gasteiger partial charge in [0, 0.05) is 6.54 Å². The first-order valence-corrected chi connectivity index (χ1v) is 6.25. The average Bonchev–Trinajstić information content (AvgIpc) is 2.32. The van der Waals surface area contributed by atoms with E-state index in [9.17, 15) is 0 Å². The van der Waals surface area contributed by atoms with Crippen LogP contribution in [0.15, 0.2) is 12.1 Å². The van der Waals surface area contributed by atoms with E-state index in [1.807, 2.05) is 19.2 Å². The van der Waals surface area contributed by atoms with Crippen molar-refractivity contribution in [1.29, 1.82) is 0 Å². The Morgan fingerprint density at radius 1 is 1.29 bits per heavy atom. The highest BCUT2D eigenvalue weighted by Gasteiger charge is 2.05. The molecule has 0 bridgehead atoms. The number of benzene rings is 1. The average molecular weight is 257 g/mol. The first kappa shape index (κ1) is 14.3. The molecule has 0 fully saturated rings. The smallest absolute Gasteiger partial charge is 0.137 e. The fourth-order valence-corrected chi connectivity index (χ4v) is 1.92. The predicted molar refractivity (Wildman–Crippen MR) is 73.0 cm³/mol. The van der Waals surface area contributed by atoms with Gasteiger partial charge < -0.3 is 15.4 Å². The molecule has 0 aromatic heterocycles. The van der Waals surface area contributed by atoms with Crippen molar-refractivity contribution in [3.8, 4) is 5.75 Å². The monoisotopic (exact) mass is 256 g/mol. The van der Waals surface area contributed by atoms with E-state index < -0.39 is 0 Å². The van der Waals surface area contributed by atoms with Crippen LogP contribution in [-0.2, 0) is 6.54 Å². The van der Waals surface area contributed by atoms with Crippen LogP contribution in [0.4, 0.5) is 0 Å². The second-order valence-electron chi connectivity index (χ2n) is 4.05. The lowest BCUT2D eigenvalue weighted by Gasteiger charge is -2.11. The molecule has 0 unspecified atom stereocenters. The van der Waals surface area contributed by atoms with Crippen molar-refractivity contribution in [3.63, 3.8) is 0 Å². The minimum Gasteiger partial charge on any atom is -0.495 e. The maximum absolute atomic E-state index is 6.10. The maximum Gasteiger partial charge on any atom is 0.137 e. The quantitative estimate of drug-likeness (QED) is 0.735. The Morgan fingerprint density at radius 2 is 2.06 bits per heavy atom. The van der Waals surface area contributed by atoms with Gasteiger partial charge in [0.1, 0.15) is 5.75 Å². The lowest BCUT2D eigenvalue weighted by atomic mass is 10.1. The van der Waals surface area contributed by atoms with Crippen LogP contribution < -0.4 is 15.4 Å². The maximum atomic E-state index is 6.10. The van der Waals surface area contributed by atoms with Crippen LogP contribution in [0.1, 0.15) is 17.5 Å². The molecule has 0 saturated heterocycles. The van der Waals surface area contributed by atoms with Crippen molar-refractivity contribution in [2.24, 2.45) is 0 Å². The van der Waals surface area contributed by atoms with Crippen molar-refractivity contribution in [3.05, 3.63) is 28.3 Å². The molecular weight excluding hydrogens is 236 g/mol. The van der Waals surface area contributed by atoms with Crippen molar-refractivity contribution < 1.29 is 4.74 Å². The lowest BCUT2D eigenvalue weighted by molar-refractivity contribution is 0.414. The van der Waals surface area contributed by atoms with Crippen LogP contribution in [-0.4, -0.2) is 27.2 Å². The molecule has 0 heterocycles. The Hall–Kier alpha value is -0.770. The highest BCUT2D eigenvalue weighted by molar-refractivity contribution is 6.32. The zero-order valence-electron chi connectivity index (χ0n) is 10.8. The minimum absolute atomic E-state index is 0.671. The van der Waals surface area contributed by atoms with Gasteiger partial charge in [-0.3, -0.25) is 0 Å². The second-order valence-corrected chi connectivity index (χ2v) is 4.45. The van der Waals surface area contributed by atoms with Crippen molar-refractivity contribution in [1.82, 2.24) is 10.6 Å². The first-order valence-electron chi connectivity index (χ1n) is 5.87. The predicted octanol–water partition coefficient (Wildman–Crippen LogP) is 2.36. The third kappa shape index (κ3) is 4.54. The summed E-state index contributed by atoms with van der Waals surface area (Å²) in [7, 11) is 3.60. The largest absolute Gasteiger partial charge is 0.495 e. The van der Waals surface area contributed by atoms with Gasteiger partial charge in [-0.05, 0) is 56.7 Å². The summed E-state index contributed by atoms with van der Waals surface area (Å²) >= 11 is 6.10. The van der Waals surface area contributed by atoms with E-state index in [1.54, 1.807) is 7.11 Å². The van der Waals surface area contributed by atoms with Crippen molar-refractivity contribution >= 4 is 11.6 Å². The van der Waals surface area contributed by atoms with Gasteiger partial charge in [-0.15, -0.1) is 0 Å². The van der Waals surface area contributed by atoms with Crippen molar-refractivity contribution in [2.75, 3.05) is 27.2 Å². The lowest BCUT2D eigenvalue weighted by Crippen LogP contribution is -2.19. The fourth-order valence-electron chi connectivity index (χ4n) is 1.66. The Kier molecular flexibility index (Phi) is 6.34. The molecule has 0 aliphatic rings. The molecule has 0 spiro atoms. The molecule has 1 rings (SSSR count). The highest BCUT2D eigenvalue weighted by atomic mass is 35.5. The van der Waals surface area contributed by atoms with Crippen LogP contribution >= 0.6 is 11.6 Å². The topological polar surface area (TPSA) is 33.3 Å². The number of nitrogens with one attached hydrogen (secondary N) is 2. The molecule has 1 aromatic carbocycles. The number of ether oxygens (including phenoxy) is 1. The number of hydrogen-bond donors (Lipinski definition) is 2. The summed E-state index contributed by atoms with van der Waals surface area (Å²) in [6.07, 6.45) is 1.12. The van der Waals surface area contributed by atoms with E-state index in [1.165, 1.54) is 11.1 Å². The van der Waals surface area contributed by atoms with Gasteiger partial charge >= 0.3 is 0 Å². The molecule has 0 saturated carbocycles. The summed E-state index contributed by atoms with van der Waals surface area (Å²) in [5.41, 5.74) is 2.42. The molecular formula is C13H21ClN2O. The fraction of sp³-hybridized carbons (Fsp3) is 0.538. The highest BCUT2D eigenvalue weighted by Crippen LogP contribution is 2.27. The van der Waals surface area contributed by atoms with Gasteiger partial charge in [0.15, 0.2) is 0 Å². The zero-order chi connectivity index (χ0) is 12.7. The van der Waals surface area contributed by atoms with Gasteiger partial charge in [0.2, 0.25) is 0 Å². The van der Waals surface area contributed by atoms with E-state index in [-0.39, 0.29) is 0 Å². The standard InChI is InChI=1S/C13H21ClN2O/c1-10-7-13(17-3)12(14)8-11(10)9-16-6-4-5-15-2/h7-8,15-16H,4-6,9H2,1-3H3. The summed E-state index contributed by atoms with van der Waals surface area (Å²) in [4.78, 5) is 0. The van der Waals surface area contributed by atoms with Gasteiger partial charge in [-0.2, -0.15) is 0 Å². The first-order chi connectivity index (χ1) is 8.19. The zero-order valence-corrected chi connectivity index (χ0v) is 11.5. The SMILES string of the molecule is CNCCCNCc1cc(Cl)c(OC)cc1C. The van der Waals surface area contributed by atoms with Gasteiger partial charge in [-0.1, -0.05) is 11.6 Å². The van der Waals surface area contributed by atoms with Crippen molar-refractivity contribution in [2.45, 2.75) is 19.9 Å². The minimum atomic E-state index is 0.671. The molecule has 0 amide bonds. The summed E-state index contributed by atoms with van der Waals surface area (Å²) in [5.74, 6) is 0.739. The molecule has 17 heavy (non-hydrogen) atoms. The van der Waals surface area contributed by atoms with Crippen LogP contribution in [0.5, 0.6) is 5.75 Å². The van der Waals surface area contributed by atoms with E-state index >= 15 is 0 Å². The molecule has 4 heteroatoms. The Bertz CT molecular complexity index is 356. The number of halogens is 1. The number of rotatable bonds is 7. The van der Waals surface area contributed by atoms with Gasteiger partial charge in [0.05, 0.1) is 12.1 Å². The summed E-state index contributed by atoms with van der Waals surface area (Å²) in [6.45, 7) is 4.96. The van der Waals surface area contributed by atoms with Crippen LogP contribution in [0.25, 0.3) is 0 Å². The second kappa shape index (κ2) is 7.54. The number of hydrogen-bond acceptors (Lipinski definition) is 3. The van der Waals surface area contributed by atoms with Crippen LogP contribution in [0.2, 0.25) is 5.02 Å². The molecule has 3 nitrogen and oxygen atoms in total. The molecule has 0 atom stereocenters. The molecule has 1 aromatic rings. The Balaban J connectivity index is 2.51. The third-order valence-electron chi connectivity index (χ3n) is 2.71. The van der Waals surface area contributed by atoms with Gasteiger partial charge in [0.25, 0.3) is 0 Å². The van der Waals surface area contributed by atoms with Crippen LogP contribution in [0.3, 0.4) is 0 Å².